The highest BCUT2D eigenvalue weighted by molar-refractivity contribution is 5.94. The van der Waals surface area contributed by atoms with Gasteiger partial charge in [0, 0.05) is 31.7 Å². The Kier molecular flexibility index (Phi) is 8.11. The molecule has 0 atom stereocenters. The molecule has 26 heavy (non-hydrogen) atoms. The van der Waals surface area contributed by atoms with Crippen LogP contribution in [0, 0.1) is 11.8 Å². The van der Waals surface area contributed by atoms with Crippen molar-refractivity contribution in [3.63, 3.8) is 0 Å². The fourth-order valence-electron chi connectivity index (χ4n) is 3.63. The first-order chi connectivity index (χ1) is 12.3. The highest BCUT2D eigenvalue weighted by Gasteiger charge is 2.24. The third-order valence-electron chi connectivity index (χ3n) is 5.26. The molecule has 1 aromatic carbocycles. The van der Waals surface area contributed by atoms with E-state index in [4.69, 9.17) is 0 Å². The molecule has 1 heterocycles. The average molecular weight is 360 g/mol. The van der Waals surface area contributed by atoms with Crippen molar-refractivity contribution < 1.29 is 4.79 Å². The fraction of sp³-hybridized carbons (Fsp3) is 0.682. The lowest BCUT2D eigenvalue weighted by Crippen LogP contribution is -2.41. The second kappa shape index (κ2) is 10.1. The lowest BCUT2D eigenvalue weighted by Gasteiger charge is -2.34. The number of nitrogens with zero attached hydrogens (tertiary/aromatic N) is 3. The summed E-state index contributed by atoms with van der Waals surface area (Å²) >= 11 is 0. The van der Waals surface area contributed by atoms with E-state index >= 15 is 0 Å². The zero-order valence-corrected chi connectivity index (χ0v) is 17.4. The standard InChI is InChI=1S/C22H37N3O/c1-18(2)10-13-24(5)17-20-11-14-25(15-12-20)22(26)21-8-6-19(7-9-21)16-23(3)4/h6-9,18,20H,10-17H2,1-5H3. The predicted molar refractivity (Wildman–Crippen MR) is 109 cm³/mol. The number of hydrogen-bond donors (Lipinski definition) is 0. The predicted octanol–water partition coefficient (Wildman–Crippen LogP) is 3.58. The van der Waals surface area contributed by atoms with Gasteiger partial charge in [-0.2, -0.15) is 0 Å². The van der Waals surface area contributed by atoms with Gasteiger partial charge in [-0.1, -0.05) is 26.0 Å². The van der Waals surface area contributed by atoms with E-state index in [1.165, 1.54) is 18.5 Å². The molecule has 2 rings (SSSR count). The highest BCUT2D eigenvalue weighted by atomic mass is 16.2. The highest BCUT2D eigenvalue weighted by Crippen LogP contribution is 2.20. The zero-order valence-electron chi connectivity index (χ0n) is 17.4. The first-order valence-electron chi connectivity index (χ1n) is 10.1. The van der Waals surface area contributed by atoms with Crippen molar-refractivity contribution in [1.82, 2.24) is 14.7 Å². The largest absolute Gasteiger partial charge is 0.339 e. The van der Waals surface area contributed by atoms with Crippen LogP contribution in [0.25, 0.3) is 0 Å². The van der Waals surface area contributed by atoms with Gasteiger partial charge in [-0.25, -0.2) is 0 Å². The Balaban J connectivity index is 1.79. The summed E-state index contributed by atoms with van der Waals surface area (Å²) in [7, 11) is 6.35. The molecule has 4 heteroatoms. The Bertz CT molecular complexity index is 545. The van der Waals surface area contributed by atoms with Gasteiger partial charge in [0.2, 0.25) is 0 Å². The van der Waals surface area contributed by atoms with Gasteiger partial charge in [0.25, 0.3) is 5.91 Å². The molecule has 0 spiro atoms. The van der Waals surface area contributed by atoms with Gasteiger partial charge in [-0.15, -0.1) is 0 Å². The first-order valence-corrected chi connectivity index (χ1v) is 10.1. The molecule has 1 saturated heterocycles. The van der Waals surface area contributed by atoms with E-state index in [1.54, 1.807) is 0 Å². The van der Waals surface area contributed by atoms with E-state index < -0.39 is 0 Å². The average Bonchev–Trinajstić information content (AvgIpc) is 2.60. The lowest BCUT2D eigenvalue weighted by atomic mass is 9.95. The van der Waals surface area contributed by atoms with Gasteiger partial charge < -0.3 is 14.7 Å². The molecule has 0 aliphatic carbocycles. The molecule has 1 amide bonds. The topological polar surface area (TPSA) is 26.8 Å². The van der Waals surface area contributed by atoms with Crippen LogP contribution in [-0.2, 0) is 6.54 Å². The van der Waals surface area contributed by atoms with Crippen LogP contribution in [0.2, 0.25) is 0 Å². The van der Waals surface area contributed by atoms with Gasteiger partial charge in [0.15, 0.2) is 0 Å². The number of rotatable bonds is 8. The summed E-state index contributed by atoms with van der Waals surface area (Å²) in [6, 6.07) is 8.10. The summed E-state index contributed by atoms with van der Waals surface area (Å²) in [6.07, 6.45) is 3.50. The van der Waals surface area contributed by atoms with Gasteiger partial charge in [-0.05, 0) is 76.5 Å². The Morgan fingerprint density at radius 1 is 1.12 bits per heavy atom. The van der Waals surface area contributed by atoms with Gasteiger partial charge in [-0.3, -0.25) is 4.79 Å². The number of carbonyl (C=O) groups is 1. The number of piperidine rings is 1. The molecule has 0 N–H and O–H groups in total. The Hall–Kier alpha value is -1.39. The second-order valence-corrected chi connectivity index (χ2v) is 8.62. The number of hydrogen-bond acceptors (Lipinski definition) is 3. The first kappa shape index (κ1) is 20.9. The van der Waals surface area contributed by atoms with Crippen LogP contribution < -0.4 is 0 Å². The normalized spacial score (nSPS) is 16.1. The molecule has 1 aromatic rings. The van der Waals surface area contributed by atoms with Gasteiger partial charge in [0.1, 0.15) is 0 Å². The van der Waals surface area contributed by atoms with Crippen molar-refractivity contribution in [2.45, 2.75) is 39.7 Å². The van der Waals surface area contributed by atoms with Crippen LogP contribution in [-0.4, -0.2) is 67.9 Å². The number of amides is 1. The minimum Gasteiger partial charge on any atom is -0.339 e. The van der Waals surface area contributed by atoms with Gasteiger partial charge in [0.05, 0.1) is 0 Å². The SMILES string of the molecule is CC(C)CCN(C)CC1CCN(C(=O)c2ccc(CN(C)C)cc2)CC1. The van der Waals surface area contributed by atoms with Crippen molar-refractivity contribution >= 4 is 5.91 Å². The second-order valence-electron chi connectivity index (χ2n) is 8.62. The van der Waals surface area contributed by atoms with Crippen LogP contribution in [0.1, 0.15) is 49.0 Å². The van der Waals surface area contributed by atoms with Crippen molar-refractivity contribution in [3.8, 4) is 0 Å². The summed E-state index contributed by atoms with van der Waals surface area (Å²) < 4.78 is 0. The van der Waals surface area contributed by atoms with Crippen LogP contribution in [0.5, 0.6) is 0 Å². The van der Waals surface area contributed by atoms with E-state index in [2.05, 4.69) is 56.9 Å². The van der Waals surface area contributed by atoms with E-state index in [1.807, 2.05) is 17.0 Å². The van der Waals surface area contributed by atoms with Crippen LogP contribution >= 0.6 is 0 Å². The van der Waals surface area contributed by atoms with Gasteiger partial charge >= 0.3 is 0 Å². The molecule has 0 radical (unpaired) electrons. The molecular formula is C22H37N3O. The third kappa shape index (κ3) is 6.73. The number of likely N-dealkylation sites (tertiary alicyclic amines) is 1. The minimum atomic E-state index is 0.188. The Morgan fingerprint density at radius 3 is 2.27 bits per heavy atom. The van der Waals surface area contributed by atoms with E-state index in [0.717, 1.165) is 56.4 Å². The van der Waals surface area contributed by atoms with Crippen molar-refractivity contribution in [2.75, 3.05) is 47.3 Å². The molecule has 1 fully saturated rings. The molecule has 0 bridgehead atoms. The summed E-state index contributed by atoms with van der Waals surface area (Å²) in [6.45, 7) is 9.59. The maximum Gasteiger partial charge on any atom is 0.253 e. The zero-order chi connectivity index (χ0) is 19.1. The van der Waals surface area contributed by atoms with Crippen molar-refractivity contribution in [3.05, 3.63) is 35.4 Å². The maximum absolute atomic E-state index is 12.7. The number of benzene rings is 1. The molecule has 4 nitrogen and oxygen atoms in total. The van der Waals surface area contributed by atoms with E-state index in [-0.39, 0.29) is 5.91 Å². The number of carbonyl (C=O) groups excluding carboxylic acids is 1. The van der Waals surface area contributed by atoms with E-state index in [9.17, 15) is 4.79 Å². The quantitative estimate of drug-likeness (QED) is 0.710. The van der Waals surface area contributed by atoms with Crippen LogP contribution in [0.3, 0.4) is 0 Å². The monoisotopic (exact) mass is 359 g/mol. The minimum absolute atomic E-state index is 0.188. The molecule has 1 aliphatic heterocycles. The molecular weight excluding hydrogens is 322 g/mol. The summed E-state index contributed by atoms with van der Waals surface area (Å²) in [4.78, 5) is 19.4. The van der Waals surface area contributed by atoms with Crippen molar-refractivity contribution in [2.24, 2.45) is 11.8 Å². The third-order valence-corrected chi connectivity index (χ3v) is 5.26. The lowest BCUT2D eigenvalue weighted by molar-refractivity contribution is 0.0672. The fourth-order valence-corrected chi connectivity index (χ4v) is 3.63. The molecule has 0 unspecified atom stereocenters. The smallest absolute Gasteiger partial charge is 0.253 e. The maximum atomic E-state index is 12.7. The Morgan fingerprint density at radius 2 is 1.73 bits per heavy atom. The Labute approximate surface area is 160 Å². The molecule has 1 aliphatic rings. The van der Waals surface area contributed by atoms with Crippen LogP contribution in [0.4, 0.5) is 0 Å². The summed E-state index contributed by atoms with van der Waals surface area (Å²) in [5.41, 5.74) is 2.06. The van der Waals surface area contributed by atoms with Crippen molar-refractivity contribution in [1.29, 1.82) is 0 Å². The molecule has 0 aromatic heterocycles. The molecule has 146 valence electrons. The molecule has 0 saturated carbocycles. The summed E-state index contributed by atoms with van der Waals surface area (Å²) in [5.74, 6) is 1.67. The summed E-state index contributed by atoms with van der Waals surface area (Å²) in [5, 5.41) is 0. The van der Waals surface area contributed by atoms with E-state index in [0.29, 0.717) is 0 Å². The van der Waals surface area contributed by atoms with Crippen LogP contribution in [0.15, 0.2) is 24.3 Å².